The number of ketones is 1. The molecule has 1 aromatic carbocycles. The Hall–Kier alpha value is -4.25. The molecule has 1 fully saturated rings. The summed E-state index contributed by atoms with van der Waals surface area (Å²) >= 11 is 0. The van der Waals surface area contributed by atoms with Crippen LogP contribution < -0.4 is 15.3 Å². The average Bonchev–Trinajstić information content (AvgIpc) is 3.39. The highest BCUT2D eigenvalue weighted by Gasteiger charge is 2.32. The second-order valence-corrected chi connectivity index (χ2v) is 7.52. The van der Waals surface area contributed by atoms with Crippen LogP contribution in [-0.2, 0) is 14.3 Å². The van der Waals surface area contributed by atoms with E-state index in [1.54, 1.807) is 30.3 Å². The Morgan fingerprint density at radius 1 is 1.18 bits per heavy atom. The van der Waals surface area contributed by atoms with Gasteiger partial charge >= 0.3 is 6.09 Å². The lowest BCUT2D eigenvalue weighted by atomic mass is 10.1. The van der Waals surface area contributed by atoms with Gasteiger partial charge in [0.25, 0.3) is 0 Å². The highest BCUT2D eigenvalue weighted by atomic mass is 16.6. The lowest BCUT2D eigenvalue weighted by Crippen LogP contribution is -2.33. The standard InChI is InChI=1S/C22H21N5O6/c1-13(28)23-9-18-12-25(22(31)33-18)16-5-3-15(4-6-16)21(30)19-10-24-20-8-7-17(11-26(19)20)27(32)14(2)29/h3-8,10-11,18,32H,9,12H2,1-2H3,(H,23,28)/t18-/m0/s1. The molecule has 170 valence electrons. The van der Waals surface area contributed by atoms with Gasteiger partial charge in [-0.1, -0.05) is 0 Å². The predicted octanol–water partition coefficient (Wildman–Crippen LogP) is 1.77. The third-order valence-corrected chi connectivity index (χ3v) is 5.16. The summed E-state index contributed by atoms with van der Waals surface area (Å²) in [5, 5.41) is 13.0. The van der Waals surface area contributed by atoms with Crippen molar-refractivity contribution >= 4 is 40.7 Å². The molecule has 3 heterocycles. The number of benzene rings is 1. The van der Waals surface area contributed by atoms with Gasteiger partial charge in [0.05, 0.1) is 25.0 Å². The first-order valence-corrected chi connectivity index (χ1v) is 10.1. The molecule has 2 aromatic heterocycles. The fraction of sp³-hybridized carbons (Fsp3) is 0.227. The fourth-order valence-electron chi connectivity index (χ4n) is 3.48. The molecule has 0 aliphatic carbocycles. The number of hydrogen-bond donors (Lipinski definition) is 2. The Morgan fingerprint density at radius 3 is 2.58 bits per heavy atom. The summed E-state index contributed by atoms with van der Waals surface area (Å²) in [5.74, 6) is -1.11. The van der Waals surface area contributed by atoms with Crippen LogP contribution in [0, 0.1) is 0 Å². The number of anilines is 2. The Balaban J connectivity index is 1.54. The number of pyridine rings is 1. The van der Waals surface area contributed by atoms with Crippen LogP contribution in [0.25, 0.3) is 5.65 Å². The van der Waals surface area contributed by atoms with Crippen LogP contribution in [0.2, 0.25) is 0 Å². The van der Waals surface area contributed by atoms with Crippen LogP contribution in [0.15, 0.2) is 48.8 Å². The van der Waals surface area contributed by atoms with Crippen LogP contribution >= 0.6 is 0 Å². The quantitative estimate of drug-likeness (QED) is 0.331. The highest BCUT2D eigenvalue weighted by molar-refractivity contribution is 6.08. The highest BCUT2D eigenvalue weighted by Crippen LogP contribution is 2.24. The van der Waals surface area contributed by atoms with E-state index in [1.165, 1.54) is 41.6 Å². The largest absolute Gasteiger partial charge is 0.442 e. The maximum Gasteiger partial charge on any atom is 0.414 e. The first-order valence-electron chi connectivity index (χ1n) is 10.1. The van der Waals surface area contributed by atoms with Crippen molar-refractivity contribution in [3.8, 4) is 0 Å². The van der Waals surface area contributed by atoms with Crippen molar-refractivity contribution in [2.45, 2.75) is 20.0 Å². The summed E-state index contributed by atoms with van der Waals surface area (Å²) in [6.07, 6.45) is 1.87. The number of nitrogens with zero attached hydrogens (tertiary/aromatic N) is 4. The van der Waals surface area contributed by atoms with E-state index in [0.717, 1.165) is 0 Å². The van der Waals surface area contributed by atoms with Gasteiger partial charge in [-0.3, -0.25) is 28.9 Å². The Kier molecular flexibility index (Phi) is 5.80. The van der Waals surface area contributed by atoms with Crippen LogP contribution in [0.4, 0.5) is 16.2 Å². The van der Waals surface area contributed by atoms with Crippen molar-refractivity contribution in [2.24, 2.45) is 0 Å². The lowest BCUT2D eigenvalue weighted by Gasteiger charge is -2.14. The number of nitrogens with one attached hydrogen (secondary N) is 1. The maximum atomic E-state index is 13.1. The first kappa shape index (κ1) is 22.0. The number of aromatic nitrogens is 2. The van der Waals surface area contributed by atoms with Crippen molar-refractivity contribution in [3.05, 3.63) is 60.0 Å². The lowest BCUT2D eigenvalue weighted by molar-refractivity contribution is -0.121. The van der Waals surface area contributed by atoms with Crippen LogP contribution in [0.3, 0.4) is 0 Å². The van der Waals surface area contributed by atoms with Crippen molar-refractivity contribution in [1.29, 1.82) is 0 Å². The third-order valence-electron chi connectivity index (χ3n) is 5.16. The molecule has 33 heavy (non-hydrogen) atoms. The molecule has 3 aromatic rings. The molecule has 0 saturated carbocycles. The molecule has 0 unspecified atom stereocenters. The molecule has 0 radical (unpaired) electrons. The zero-order valence-corrected chi connectivity index (χ0v) is 17.9. The minimum atomic E-state index is -0.572. The SMILES string of the molecule is CC(=O)NC[C@H]1CN(c2ccc(C(=O)c3cnc4ccc(N(O)C(C)=O)cn34)cc2)C(=O)O1. The van der Waals surface area contributed by atoms with Gasteiger partial charge in [-0.25, -0.2) is 9.78 Å². The number of fused-ring (bicyclic) bond motifs is 1. The number of hydroxylamine groups is 1. The first-order chi connectivity index (χ1) is 15.7. The summed E-state index contributed by atoms with van der Waals surface area (Å²) < 4.78 is 6.74. The zero-order valence-electron chi connectivity index (χ0n) is 17.9. The molecule has 4 rings (SSSR count). The minimum absolute atomic E-state index is 0.193. The summed E-state index contributed by atoms with van der Waals surface area (Å²) in [7, 11) is 0. The summed E-state index contributed by atoms with van der Waals surface area (Å²) in [6.45, 7) is 3.09. The molecule has 11 heteroatoms. The van der Waals surface area contributed by atoms with E-state index < -0.39 is 18.1 Å². The number of amides is 3. The molecule has 0 bridgehead atoms. The third kappa shape index (κ3) is 4.39. The number of ether oxygens (including phenoxy) is 1. The van der Waals surface area contributed by atoms with E-state index in [0.29, 0.717) is 22.0 Å². The molecular formula is C22H21N5O6. The van der Waals surface area contributed by atoms with E-state index in [1.807, 2.05) is 0 Å². The number of imidazole rings is 1. The summed E-state index contributed by atoms with van der Waals surface area (Å²) in [4.78, 5) is 53.4. The van der Waals surface area contributed by atoms with Gasteiger partial charge in [-0.05, 0) is 36.4 Å². The number of hydrogen-bond acceptors (Lipinski definition) is 7. The van der Waals surface area contributed by atoms with E-state index in [2.05, 4.69) is 10.3 Å². The second-order valence-electron chi connectivity index (χ2n) is 7.52. The van der Waals surface area contributed by atoms with Gasteiger partial charge in [0, 0.05) is 31.3 Å². The Bertz CT molecular complexity index is 1250. The molecular weight excluding hydrogens is 430 g/mol. The van der Waals surface area contributed by atoms with Crippen LogP contribution in [-0.4, -0.2) is 57.5 Å². The molecule has 11 nitrogen and oxygen atoms in total. The molecule has 1 aliphatic rings. The van der Waals surface area contributed by atoms with Gasteiger partial charge in [-0.2, -0.15) is 5.06 Å². The fourth-order valence-corrected chi connectivity index (χ4v) is 3.48. The van der Waals surface area contributed by atoms with Gasteiger partial charge in [0.2, 0.25) is 17.6 Å². The van der Waals surface area contributed by atoms with Gasteiger partial charge < -0.3 is 10.1 Å². The van der Waals surface area contributed by atoms with E-state index >= 15 is 0 Å². The molecule has 3 amide bonds. The average molecular weight is 451 g/mol. The smallest absolute Gasteiger partial charge is 0.414 e. The van der Waals surface area contributed by atoms with E-state index in [-0.39, 0.29) is 36.2 Å². The van der Waals surface area contributed by atoms with Gasteiger partial charge in [-0.15, -0.1) is 0 Å². The second kappa shape index (κ2) is 8.71. The zero-order chi connectivity index (χ0) is 23.7. The normalized spacial score (nSPS) is 15.4. The molecule has 2 N–H and O–H groups in total. The monoisotopic (exact) mass is 451 g/mol. The topological polar surface area (TPSA) is 134 Å². The molecule has 1 saturated heterocycles. The Morgan fingerprint density at radius 2 is 1.91 bits per heavy atom. The van der Waals surface area contributed by atoms with Gasteiger partial charge in [0.1, 0.15) is 17.4 Å². The minimum Gasteiger partial charge on any atom is -0.442 e. The maximum absolute atomic E-state index is 13.1. The van der Waals surface area contributed by atoms with Gasteiger partial charge in [0.15, 0.2) is 0 Å². The van der Waals surface area contributed by atoms with Crippen molar-refractivity contribution in [1.82, 2.24) is 14.7 Å². The molecule has 1 atom stereocenters. The molecule has 0 spiro atoms. The number of rotatable bonds is 6. The van der Waals surface area contributed by atoms with E-state index in [9.17, 15) is 24.4 Å². The summed E-state index contributed by atoms with van der Waals surface area (Å²) in [6, 6.07) is 9.54. The van der Waals surface area contributed by atoms with E-state index in [4.69, 9.17) is 4.74 Å². The Labute approximate surface area is 188 Å². The van der Waals surface area contributed by atoms with Crippen molar-refractivity contribution in [3.63, 3.8) is 0 Å². The number of carbonyl (C=O) groups excluding carboxylic acids is 4. The van der Waals surface area contributed by atoms with Crippen molar-refractivity contribution in [2.75, 3.05) is 23.1 Å². The number of cyclic esters (lactones) is 1. The summed E-state index contributed by atoms with van der Waals surface area (Å²) in [5.41, 5.74) is 1.83. The van der Waals surface area contributed by atoms with Crippen LogP contribution in [0.1, 0.15) is 29.9 Å². The van der Waals surface area contributed by atoms with Crippen LogP contribution in [0.5, 0.6) is 0 Å². The predicted molar refractivity (Wildman–Crippen MR) is 116 cm³/mol. The molecule has 1 aliphatic heterocycles. The van der Waals surface area contributed by atoms with Crippen molar-refractivity contribution < 1.29 is 29.1 Å². The number of carbonyl (C=O) groups is 4.